The van der Waals surface area contributed by atoms with Gasteiger partial charge in [0.05, 0.1) is 12.2 Å². The van der Waals surface area contributed by atoms with Gasteiger partial charge in [-0.3, -0.25) is 0 Å². The van der Waals surface area contributed by atoms with Crippen molar-refractivity contribution in [2.24, 2.45) is 5.73 Å². The molecule has 0 amide bonds. The maximum absolute atomic E-state index is 5.96. The summed E-state index contributed by atoms with van der Waals surface area (Å²) in [6, 6.07) is 1.25. The summed E-state index contributed by atoms with van der Waals surface area (Å²) in [4.78, 5) is 2.66. The summed E-state index contributed by atoms with van der Waals surface area (Å²) in [5.41, 5.74) is 5.96. The molecule has 1 aliphatic carbocycles. The number of hydrogen-bond acceptors (Lipinski definition) is 3. The van der Waals surface area contributed by atoms with Crippen molar-refractivity contribution in [2.45, 2.75) is 76.7 Å². The summed E-state index contributed by atoms with van der Waals surface area (Å²) >= 11 is 0. The SMILES string of the molecule is CC(C)O[C@H]1CC[C@H](N2CCC(N)CC2)CC1. The number of hydrogen-bond donors (Lipinski definition) is 1. The Balaban J connectivity index is 1.71. The van der Waals surface area contributed by atoms with E-state index in [2.05, 4.69) is 18.7 Å². The third kappa shape index (κ3) is 3.94. The van der Waals surface area contributed by atoms with E-state index in [0.717, 1.165) is 6.04 Å². The third-order valence-corrected chi connectivity index (χ3v) is 4.20. The second kappa shape index (κ2) is 6.17. The summed E-state index contributed by atoms with van der Waals surface area (Å²) in [7, 11) is 0. The van der Waals surface area contributed by atoms with Crippen LogP contribution in [0.2, 0.25) is 0 Å². The van der Waals surface area contributed by atoms with E-state index in [4.69, 9.17) is 10.5 Å². The van der Waals surface area contributed by atoms with Crippen LogP contribution in [0.1, 0.15) is 52.4 Å². The standard InChI is InChI=1S/C14H28N2O/c1-11(2)17-14-5-3-13(4-6-14)16-9-7-12(15)8-10-16/h11-14H,3-10,15H2,1-2H3/t13-,14-. The zero-order valence-corrected chi connectivity index (χ0v) is 11.4. The molecule has 0 radical (unpaired) electrons. The molecule has 0 spiro atoms. The maximum atomic E-state index is 5.96. The average Bonchev–Trinajstić information content (AvgIpc) is 2.30. The van der Waals surface area contributed by atoms with E-state index in [1.165, 1.54) is 51.6 Å². The Labute approximate surface area is 106 Å². The van der Waals surface area contributed by atoms with Gasteiger partial charge in [-0.1, -0.05) is 0 Å². The first-order valence-electron chi connectivity index (χ1n) is 7.30. The molecule has 17 heavy (non-hydrogen) atoms. The lowest BCUT2D eigenvalue weighted by Crippen LogP contribution is -2.46. The average molecular weight is 240 g/mol. The molecule has 0 aromatic heterocycles. The number of likely N-dealkylation sites (tertiary alicyclic amines) is 1. The molecule has 1 saturated heterocycles. The van der Waals surface area contributed by atoms with Crippen LogP contribution in [0.15, 0.2) is 0 Å². The molecule has 2 N–H and O–H groups in total. The number of rotatable bonds is 3. The van der Waals surface area contributed by atoms with Crippen molar-refractivity contribution in [3.8, 4) is 0 Å². The van der Waals surface area contributed by atoms with Gasteiger partial charge in [0.2, 0.25) is 0 Å². The Morgan fingerprint density at radius 2 is 1.59 bits per heavy atom. The summed E-state index contributed by atoms with van der Waals surface area (Å²) in [5.74, 6) is 0. The van der Waals surface area contributed by atoms with E-state index in [-0.39, 0.29) is 0 Å². The molecule has 2 rings (SSSR count). The van der Waals surface area contributed by atoms with E-state index >= 15 is 0 Å². The van der Waals surface area contributed by atoms with Gasteiger partial charge in [-0.2, -0.15) is 0 Å². The second-order valence-corrected chi connectivity index (χ2v) is 5.99. The predicted octanol–water partition coefficient (Wildman–Crippen LogP) is 2.15. The molecule has 100 valence electrons. The second-order valence-electron chi connectivity index (χ2n) is 5.99. The highest BCUT2D eigenvalue weighted by Crippen LogP contribution is 2.27. The lowest BCUT2D eigenvalue weighted by molar-refractivity contribution is -0.0281. The molecule has 1 heterocycles. The van der Waals surface area contributed by atoms with Crippen molar-refractivity contribution in [1.82, 2.24) is 4.90 Å². The smallest absolute Gasteiger partial charge is 0.0579 e. The van der Waals surface area contributed by atoms with Crippen molar-refractivity contribution in [2.75, 3.05) is 13.1 Å². The minimum absolute atomic E-state index is 0.379. The van der Waals surface area contributed by atoms with Crippen molar-refractivity contribution in [3.05, 3.63) is 0 Å². The molecule has 2 aliphatic rings. The van der Waals surface area contributed by atoms with Gasteiger partial charge >= 0.3 is 0 Å². The van der Waals surface area contributed by atoms with Crippen LogP contribution in [0.4, 0.5) is 0 Å². The molecular formula is C14H28N2O. The van der Waals surface area contributed by atoms with Crippen molar-refractivity contribution in [1.29, 1.82) is 0 Å². The fourth-order valence-electron chi connectivity index (χ4n) is 3.22. The van der Waals surface area contributed by atoms with E-state index in [0.29, 0.717) is 18.2 Å². The molecule has 0 atom stereocenters. The molecule has 2 fully saturated rings. The predicted molar refractivity (Wildman–Crippen MR) is 71.0 cm³/mol. The van der Waals surface area contributed by atoms with Crippen molar-refractivity contribution >= 4 is 0 Å². The first-order valence-corrected chi connectivity index (χ1v) is 7.30. The topological polar surface area (TPSA) is 38.5 Å². The Hall–Kier alpha value is -0.120. The Morgan fingerprint density at radius 3 is 2.12 bits per heavy atom. The molecule has 1 saturated carbocycles. The zero-order chi connectivity index (χ0) is 12.3. The zero-order valence-electron chi connectivity index (χ0n) is 11.4. The summed E-state index contributed by atoms with van der Waals surface area (Å²) < 4.78 is 5.91. The Bertz CT molecular complexity index is 216. The molecule has 3 heteroatoms. The van der Waals surface area contributed by atoms with Gasteiger partial charge in [0.25, 0.3) is 0 Å². The molecule has 1 aliphatic heterocycles. The summed E-state index contributed by atoms with van der Waals surface area (Å²) in [5, 5.41) is 0. The molecule has 0 bridgehead atoms. The van der Waals surface area contributed by atoms with Gasteiger partial charge < -0.3 is 15.4 Å². The van der Waals surface area contributed by atoms with Crippen LogP contribution in [0.5, 0.6) is 0 Å². The van der Waals surface area contributed by atoms with E-state index in [1.54, 1.807) is 0 Å². The van der Waals surface area contributed by atoms with Crippen LogP contribution >= 0.6 is 0 Å². The van der Waals surface area contributed by atoms with Gasteiger partial charge in [-0.25, -0.2) is 0 Å². The minimum Gasteiger partial charge on any atom is -0.376 e. The van der Waals surface area contributed by atoms with E-state index < -0.39 is 0 Å². The molecular weight excluding hydrogens is 212 g/mol. The Kier molecular flexibility index (Phi) is 4.83. The van der Waals surface area contributed by atoms with Gasteiger partial charge in [0.1, 0.15) is 0 Å². The van der Waals surface area contributed by atoms with Gasteiger partial charge in [-0.05, 0) is 65.5 Å². The molecule has 0 unspecified atom stereocenters. The molecule has 0 aromatic rings. The third-order valence-electron chi connectivity index (χ3n) is 4.20. The fourth-order valence-corrected chi connectivity index (χ4v) is 3.22. The fraction of sp³-hybridized carbons (Fsp3) is 1.00. The Morgan fingerprint density at radius 1 is 1.00 bits per heavy atom. The van der Waals surface area contributed by atoms with Crippen LogP contribution in [-0.4, -0.2) is 42.3 Å². The monoisotopic (exact) mass is 240 g/mol. The van der Waals surface area contributed by atoms with Gasteiger partial charge in [0.15, 0.2) is 0 Å². The lowest BCUT2D eigenvalue weighted by atomic mass is 9.90. The van der Waals surface area contributed by atoms with E-state index in [1.807, 2.05) is 0 Å². The minimum atomic E-state index is 0.379. The van der Waals surface area contributed by atoms with Gasteiger partial charge in [0, 0.05) is 12.1 Å². The molecule has 3 nitrogen and oxygen atoms in total. The number of ether oxygens (including phenoxy) is 1. The molecule has 0 aromatic carbocycles. The number of nitrogens with zero attached hydrogens (tertiary/aromatic N) is 1. The highest BCUT2D eigenvalue weighted by atomic mass is 16.5. The van der Waals surface area contributed by atoms with Crippen LogP contribution in [0.25, 0.3) is 0 Å². The highest BCUT2D eigenvalue weighted by molar-refractivity contribution is 4.84. The van der Waals surface area contributed by atoms with Gasteiger partial charge in [-0.15, -0.1) is 0 Å². The lowest BCUT2D eigenvalue weighted by Gasteiger charge is -2.40. The number of nitrogens with two attached hydrogens (primary N) is 1. The van der Waals surface area contributed by atoms with Crippen molar-refractivity contribution < 1.29 is 4.74 Å². The van der Waals surface area contributed by atoms with Crippen LogP contribution in [-0.2, 0) is 4.74 Å². The van der Waals surface area contributed by atoms with Crippen LogP contribution in [0, 0.1) is 0 Å². The van der Waals surface area contributed by atoms with Crippen molar-refractivity contribution in [3.63, 3.8) is 0 Å². The summed E-state index contributed by atoms with van der Waals surface area (Å²) in [6.07, 6.45) is 8.36. The largest absolute Gasteiger partial charge is 0.376 e. The quantitative estimate of drug-likeness (QED) is 0.821. The first kappa shape index (κ1) is 13.3. The summed E-state index contributed by atoms with van der Waals surface area (Å²) in [6.45, 7) is 6.69. The normalized spacial score (nSPS) is 33.2. The van der Waals surface area contributed by atoms with Crippen LogP contribution in [0.3, 0.4) is 0 Å². The first-order chi connectivity index (χ1) is 8.15. The maximum Gasteiger partial charge on any atom is 0.0579 e. The highest BCUT2D eigenvalue weighted by Gasteiger charge is 2.28. The van der Waals surface area contributed by atoms with E-state index in [9.17, 15) is 0 Å². The number of piperidine rings is 1. The van der Waals surface area contributed by atoms with Crippen LogP contribution < -0.4 is 5.73 Å².